The molecule has 3 atom stereocenters. The van der Waals surface area contributed by atoms with E-state index in [2.05, 4.69) is 12.2 Å². The largest absolute Gasteiger partial charge is 0.378 e. The first-order valence-corrected chi connectivity index (χ1v) is 8.09. The topological polar surface area (TPSA) is 38.3 Å². The highest BCUT2D eigenvalue weighted by molar-refractivity contribution is 5.78. The van der Waals surface area contributed by atoms with E-state index in [1.807, 2.05) is 0 Å². The van der Waals surface area contributed by atoms with Gasteiger partial charge in [-0.3, -0.25) is 4.79 Å². The Kier molecular flexibility index (Phi) is 6.32. The summed E-state index contributed by atoms with van der Waals surface area (Å²) in [5, 5.41) is 3.44. The molecule has 0 aromatic rings. The van der Waals surface area contributed by atoms with Crippen LogP contribution in [0.25, 0.3) is 0 Å². The second-order valence-corrected chi connectivity index (χ2v) is 6.35. The van der Waals surface area contributed by atoms with E-state index < -0.39 is 0 Å². The summed E-state index contributed by atoms with van der Waals surface area (Å²) in [4.78, 5) is 12.0. The van der Waals surface area contributed by atoms with Crippen LogP contribution >= 0.6 is 0 Å². The minimum atomic E-state index is 0.438. The van der Waals surface area contributed by atoms with Crippen molar-refractivity contribution in [3.63, 3.8) is 0 Å². The zero-order valence-electron chi connectivity index (χ0n) is 12.3. The lowest BCUT2D eigenvalue weighted by atomic mass is 9.84. The van der Waals surface area contributed by atoms with Gasteiger partial charge in [-0.2, -0.15) is 0 Å². The molecule has 2 aliphatic heterocycles. The molecule has 0 aromatic carbocycles. The average Bonchev–Trinajstić information content (AvgIpc) is 2.93. The number of nitrogens with one attached hydrogen (secondary N) is 1. The summed E-state index contributed by atoms with van der Waals surface area (Å²) in [6, 6.07) is 0. The van der Waals surface area contributed by atoms with Gasteiger partial charge in [0.2, 0.25) is 0 Å². The van der Waals surface area contributed by atoms with Crippen molar-refractivity contribution in [1.29, 1.82) is 0 Å². The Morgan fingerprint density at radius 1 is 1.37 bits per heavy atom. The molecule has 0 amide bonds. The first kappa shape index (κ1) is 15.0. The van der Waals surface area contributed by atoms with Crippen LogP contribution < -0.4 is 5.32 Å². The lowest BCUT2D eigenvalue weighted by molar-refractivity contribution is -0.120. The maximum atomic E-state index is 12.0. The van der Waals surface area contributed by atoms with Crippen molar-refractivity contribution < 1.29 is 9.53 Å². The fraction of sp³-hybridized carbons (Fsp3) is 0.938. The van der Waals surface area contributed by atoms with Crippen LogP contribution in [-0.4, -0.2) is 31.6 Å². The van der Waals surface area contributed by atoms with Crippen molar-refractivity contribution in [3.05, 3.63) is 0 Å². The van der Waals surface area contributed by atoms with Crippen LogP contribution in [0.3, 0.4) is 0 Å². The summed E-state index contributed by atoms with van der Waals surface area (Å²) in [5.41, 5.74) is 0. The predicted octanol–water partition coefficient (Wildman–Crippen LogP) is 2.93. The van der Waals surface area contributed by atoms with Gasteiger partial charge in [0.25, 0.3) is 0 Å². The van der Waals surface area contributed by atoms with E-state index in [1.165, 1.54) is 25.7 Å². The Bertz CT molecular complexity index is 268. The summed E-state index contributed by atoms with van der Waals surface area (Å²) in [6.45, 7) is 5.42. The van der Waals surface area contributed by atoms with Gasteiger partial charge in [-0.25, -0.2) is 0 Å². The van der Waals surface area contributed by atoms with Gasteiger partial charge in [0.1, 0.15) is 5.78 Å². The summed E-state index contributed by atoms with van der Waals surface area (Å²) >= 11 is 0. The molecule has 0 radical (unpaired) electrons. The number of ether oxygens (including phenoxy) is 1. The van der Waals surface area contributed by atoms with Crippen molar-refractivity contribution in [2.75, 3.05) is 19.7 Å². The molecule has 3 nitrogen and oxygen atoms in total. The van der Waals surface area contributed by atoms with Gasteiger partial charge in [0, 0.05) is 19.4 Å². The van der Waals surface area contributed by atoms with E-state index in [1.54, 1.807) is 0 Å². The molecule has 0 aliphatic carbocycles. The van der Waals surface area contributed by atoms with Crippen LogP contribution in [0.1, 0.15) is 58.3 Å². The van der Waals surface area contributed by atoms with E-state index >= 15 is 0 Å². The van der Waals surface area contributed by atoms with Gasteiger partial charge in [-0.1, -0.05) is 6.92 Å². The van der Waals surface area contributed by atoms with Crippen molar-refractivity contribution in [2.45, 2.75) is 64.4 Å². The second-order valence-electron chi connectivity index (χ2n) is 6.35. The highest BCUT2D eigenvalue weighted by atomic mass is 16.5. The van der Waals surface area contributed by atoms with Crippen LogP contribution in [0, 0.1) is 11.8 Å². The Hall–Kier alpha value is -0.410. The van der Waals surface area contributed by atoms with Crippen molar-refractivity contribution in [3.8, 4) is 0 Å². The summed E-state index contributed by atoms with van der Waals surface area (Å²) < 4.78 is 5.59. The molecular formula is C16H29NO2. The third-order valence-corrected chi connectivity index (χ3v) is 4.70. The number of hydrogen-bond acceptors (Lipinski definition) is 3. The molecule has 2 heterocycles. The third-order valence-electron chi connectivity index (χ3n) is 4.70. The molecule has 2 saturated heterocycles. The number of ketones is 1. The lowest BCUT2D eigenvalue weighted by Crippen LogP contribution is -2.34. The molecular weight excluding hydrogens is 238 g/mol. The molecule has 0 spiro atoms. The average molecular weight is 267 g/mol. The highest BCUT2D eigenvalue weighted by Gasteiger charge is 2.22. The van der Waals surface area contributed by atoms with E-state index in [0.29, 0.717) is 23.7 Å². The van der Waals surface area contributed by atoms with Gasteiger partial charge in [-0.15, -0.1) is 0 Å². The van der Waals surface area contributed by atoms with Crippen LogP contribution in [0.4, 0.5) is 0 Å². The zero-order chi connectivity index (χ0) is 13.5. The summed E-state index contributed by atoms with van der Waals surface area (Å²) in [7, 11) is 0. The van der Waals surface area contributed by atoms with Crippen molar-refractivity contribution in [1.82, 2.24) is 5.32 Å². The molecule has 0 bridgehead atoms. The standard InChI is InChI=1S/C16H29NO2/c1-13(14-5-3-9-17-12-14)11-15(18)6-2-7-16-8-4-10-19-16/h13-14,16-17H,2-12H2,1H3. The number of Topliss-reactive ketones (excluding diaryl/α,β-unsaturated/α-hetero) is 1. The van der Waals surface area contributed by atoms with Gasteiger partial charge < -0.3 is 10.1 Å². The molecule has 0 aromatic heterocycles. The SMILES string of the molecule is CC(CC(=O)CCCC1CCCO1)C1CCCNC1. The molecule has 2 fully saturated rings. The number of piperidine rings is 1. The minimum Gasteiger partial charge on any atom is -0.378 e. The molecule has 1 N–H and O–H groups in total. The summed E-state index contributed by atoms with van der Waals surface area (Å²) in [5.74, 6) is 1.70. The molecule has 3 unspecified atom stereocenters. The highest BCUT2D eigenvalue weighted by Crippen LogP contribution is 2.24. The van der Waals surface area contributed by atoms with Gasteiger partial charge in [-0.05, 0) is 63.5 Å². The van der Waals surface area contributed by atoms with Crippen molar-refractivity contribution >= 4 is 5.78 Å². The Labute approximate surface area is 117 Å². The smallest absolute Gasteiger partial charge is 0.133 e. The number of rotatable bonds is 7. The molecule has 110 valence electrons. The number of carbonyl (C=O) groups excluding carboxylic acids is 1. The number of hydrogen-bond donors (Lipinski definition) is 1. The predicted molar refractivity (Wildman–Crippen MR) is 77.2 cm³/mol. The molecule has 0 saturated carbocycles. The second kappa shape index (κ2) is 8.01. The number of carbonyl (C=O) groups is 1. The Morgan fingerprint density at radius 2 is 2.26 bits per heavy atom. The van der Waals surface area contributed by atoms with E-state index in [-0.39, 0.29) is 0 Å². The monoisotopic (exact) mass is 267 g/mol. The quantitative estimate of drug-likeness (QED) is 0.771. The van der Waals surface area contributed by atoms with E-state index in [4.69, 9.17) is 4.74 Å². The maximum absolute atomic E-state index is 12.0. The zero-order valence-corrected chi connectivity index (χ0v) is 12.3. The van der Waals surface area contributed by atoms with Crippen molar-refractivity contribution in [2.24, 2.45) is 11.8 Å². The third kappa shape index (κ3) is 5.23. The first-order valence-electron chi connectivity index (χ1n) is 8.09. The molecule has 3 heteroatoms. The van der Waals surface area contributed by atoms with Crippen LogP contribution in [-0.2, 0) is 9.53 Å². The minimum absolute atomic E-state index is 0.438. The van der Waals surface area contributed by atoms with Gasteiger partial charge in [0.05, 0.1) is 6.10 Å². The molecule has 2 rings (SSSR count). The molecule has 19 heavy (non-hydrogen) atoms. The molecule has 2 aliphatic rings. The van der Waals surface area contributed by atoms with E-state index in [0.717, 1.165) is 45.4 Å². The van der Waals surface area contributed by atoms with Crippen LogP contribution in [0.15, 0.2) is 0 Å². The fourth-order valence-corrected chi connectivity index (χ4v) is 3.39. The normalized spacial score (nSPS) is 29.3. The Balaban J connectivity index is 1.57. The summed E-state index contributed by atoms with van der Waals surface area (Å²) in [6.07, 6.45) is 9.00. The maximum Gasteiger partial charge on any atom is 0.133 e. The van der Waals surface area contributed by atoms with Gasteiger partial charge >= 0.3 is 0 Å². The van der Waals surface area contributed by atoms with Gasteiger partial charge in [0.15, 0.2) is 0 Å². The fourth-order valence-electron chi connectivity index (χ4n) is 3.39. The van der Waals surface area contributed by atoms with E-state index in [9.17, 15) is 4.79 Å². The Morgan fingerprint density at radius 3 is 2.95 bits per heavy atom. The van der Waals surface area contributed by atoms with Crippen LogP contribution in [0.5, 0.6) is 0 Å². The lowest BCUT2D eigenvalue weighted by Gasteiger charge is -2.28. The van der Waals surface area contributed by atoms with Crippen LogP contribution in [0.2, 0.25) is 0 Å². The first-order chi connectivity index (χ1) is 9.25.